The molecule has 1 aliphatic rings. The maximum Gasteiger partial charge on any atom is 0.145 e. The highest BCUT2D eigenvalue weighted by atomic mass is 15.1. The predicted octanol–water partition coefficient (Wildman–Crippen LogP) is 1.96. The zero-order chi connectivity index (χ0) is 14.8. The number of nitrogens with one attached hydrogen (secondary N) is 2. The molecule has 0 aromatic carbocycles. The van der Waals surface area contributed by atoms with Gasteiger partial charge in [0, 0.05) is 18.8 Å². The lowest BCUT2D eigenvalue weighted by atomic mass is 10.1. The molecule has 0 radical (unpaired) electrons. The third kappa shape index (κ3) is 2.53. The molecule has 0 saturated carbocycles. The summed E-state index contributed by atoms with van der Waals surface area (Å²) in [6.07, 6.45) is 9.74. The van der Waals surface area contributed by atoms with E-state index in [0.717, 1.165) is 42.4 Å². The van der Waals surface area contributed by atoms with Crippen molar-refractivity contribution < 1.29 is 0 Å². The summed E-state index contributed by atoms with van der Waals surface area (Å²) in [6.45, 7) is 2.08. The van der Waals surface area contributed by atoms with Crippen molar-refractivity contribution in [2.45, 2.75) is 18.9 Å². The van der Waals surface area contributed by atoms with E-state index in [1.807, 2.05) is 35.0 Å². The highest BCUT2D eigenvalue weighted by molar-refractivity contribution is 5.60. The van der Waals surface area contributed by atoms with Gasteiger partial charge in [-0.2, -0.15) is 0 Å². The van der Waals surface area contributed by atoms with Crippen molar-refractivity contribution in [2.24, 2.45) is 0 Å². The fraction of sp³-hybridized carbons (Fsp3) is 0.312. The van der Waals surface area contributed by atoms with Gasteiger partial charge < -0.3 is 10.6 Å². The number of anilines is 1. The second-order valence-electron chi connectivity index (χ2n) is 5.55. The van der Waals surface area contributed by atoms with E-state index < -0.39 is 0 Å². The maximum absolute atomic E-state index is 4.70. The van der Waals surface area contributed by atoms with E-state index in [1.165, 1.54) is 6.42 Å². The number of hydrogen-bond donors (Lipinski definition) is 2. The fourth-order valence-corrected chi connectivity index (χ4v) is 2.87. The van der Waals surface area contributed by atoms with Crippen molar-refractivity contribution in [3.05, 3.63) is 43.0 Å². The molecule has 4 heterocycles. The number of nitrogens with zero attached hydrogens (tertiary/aromatic N) is 4. The number of rotatable bonds is 3. The fourth-order valence-electron chi connectivity index (χ4n) is 2.87. The van der Waals surface area contributed by atoms with Crippen LogP contribution in [0.2, 0.25) is 0 Å². The molecule has 0 spiro atoms. The summed E-state index contributed by atoms with van der Waals surface area (Å²) in [5.74, 6) is 0.817. The molecule has 6 nitrogen and oxygen atoms in total. The van der Waals surface area contributed by atoms with E-state index >= 15 is 0 Å². The van der Waals surface area contributed by atoms with Gasteiger partial charge >= 0.3 is 0 Å². The molecule has 1 saturated heterocycles. The molecule has 2 N–H and O–H groups in total. The molecular weight excluding hydrogens is 276 g/mol. The summed E-state index contributed by atoms with van der Waals surface area (Å²) in [7, 11) is 0. The average molecular weight is 294 g/mol. The van der Waals surface area contributed by atoms with Gasteiger partial charge in [-0.05, 0) is 31.5 Å². The average Bonchev–Trinajstić information content (AvgIpc) is 3.00. The van der Waals surface area contributed by atoms with E-state index in [1.54, 1.807) is 12.4 Å². The largest absolute Gasteiger partial charge is 0.365 e. The molecule has 0 unspecified atom stereocenters. The zero-order valence-electron chi connectivity index (χ0n) is 12.2. The number of aromatic nitrogens is 4. The van der Waals surface area contributed by atoms with Gasteiger partial charge in [-0.1, -0.05) is 6.07 Å². The number of pyridine rings is 1. The van der Waals surface area contributed by atoms with E-state index in [-0.39, 0.29) is 0 Å². The monoisotopic (exact) mass is 294 g/mol. The van der Waals surface area contributed by atoms with Crippen LogP contribution in [0.3, 0.4) is 0 Å². The Morgan fingerprint density at radius 3 is 3.14 bits per heavy atom. The first-order chi connectivity index (χ1) is 10.9. The summed E-state index contributed by atoms with van der Waals surface area (Å²) in [4.78, 5) is 13.4. The Hall–Kier alpha value is -2.47. The first-order valence-corrected chi connectivity index (χ1v) is 7.62. The van der Waals surface area contributed by atoms with E-state index in [0.29, 0.717) is 6.04 Å². The minimum absolute atomic E-state index is 0.417. The highest BCUT2D eigenvalue weighted by Crippen LogP contribution is 2.20. The Bertz CT molecular complexity index is 775. The number of hydrogen-bond acceptors (Lipinski definition) is 5. The predicted molar refractivity (Wildman–Crippen MR) is 85.7 cm³/mol. The van der Waals surface area contributed by atoms with Gasteiger partial charge in [0.25, 0.3) is 0 Å². The lowest BCUT2D eigenvalue weighted by Crippen LogP contribution is -2.38. The molecular formula is C16H18N6. The molecule has 4 rings (SSSR count). The molecule has 0 bridgehead atoms. The van der Waals surface area contributed by atoms with Gasteiger partial charge in [0.2, 0.25) is 0 Å². The number of piperidine rings is 1. The van der Waals surface area contributed by atoms with Crippen LogP contribution in [0.1, 0.15) is 12.8 Å². The standard InChI is InChI=1S/C16H18N6/c1-2-7-22-14(10-19-16(22)5-1)13-9-18-11-15(21-13)20-12-4-3-6-17-8-12/h1-2,5,7,9-12,17H,3-4,6,8H2,(H,20,21)/t12-/m0/s1. The molecule has 3 aromatic heterocycles. The third-order valence-electron chi connectivity index (χ3n) is 3.96. The molecule has 22 heavy (non-hydrogen) atoms. The Kier molecular flexibility index (Phi) is 3.44. The van der Waals surface area contributed by atoms with Crippen molar-refractivity contribution >= 4 is 11.5 Å². The van der Waals surface area contributed by atoms with Crippen molar-refractivity contribution in [3.63, 3.8) is 0 Å². The molecule has 112 valence electrons. The van der Waals surface area contributed by atoms with Crippen molar-refractivity contribution in [1.29, 1.82) is 0 Å². The molecule has 1 aliphatic heterocycles. The lowest BCUT2D eigenvalue weighted by molar-refractivity contribution is 0.479. The Morgan fingerprint density at radius 2 is 2.23 bits per heavy atom. The number of imidazole rings is 1. The van der Waals surface area contributed by atoms with Crippen LogP contribution in [-0.4, -0.2) is 38.5 Å². The van der Waals surface area contributed by atoms with Gasteiger partial charge in [-0.15, -0.1) is 0 Å². The van der Waals surface area contributed by atoms with Crippen LogP contribution in [0.25, 0.3) is 17.0 Å². The van der Waals surface area contributed by atoms with Crippen LogP contribution in [0.5, 0.6) is 0 Å². The van der Waals surface area contributed by atoms with Crippen LogP contribution >= 0.6 is 0 Å². The van der Waals surface area contributed by atoms with Gasteiger partial charge in [-0.25, -0.2) is 9.97 Å². The van der Waals surface area contributed by atoms with Gasteiger partial charge in [0.15, 0.2) is 0 Å². The summed E-state index contributed by atoms with van der Waals surface area (Å²) in [6, 6.07) is 6.36. The molecule has 6 heteroatoms. The Labute approximate surface area is 128 Å². The van der Waals surface area contributed by atoms with Crippen LogP contribution in [0, 0.1) is 0 Å². The molecule has 1 fully saturated rings. The second kappa shape index (κ2) is 5.73. The summed E-state index contributed by atoms with van der Waals surface area (Å²) >= 11 is 0. The lowest BCUT2D eigenvalue weighted by Gasteiger charge is -2.24. The second-order valence-corrected chi connectivity index (χ2v) is 5.55. The summed E-state index contributed by atoms with van der Waals surface area (Å²) in [5.41, 5.74) is 2.69. The molecule has 3 aromatic rings. The zero-order valence-corrected chi connectivity index (χ0v) is 12.2. The van der Waals surface area contributed by atoms with E-state index in [4.69, 9.17) is 4.98 Å². The number of fused-ring (bicyclic) bond motifs is 1. The normalized spacial score (nSPS) is 18.5. The summed E-state index contributed by atoms with van der Waals surface area (Å²) in [5, 5.41) is 6.86. The first kappa shape index (κ1) is 13.2. The smallest absolute Gasteiger partial charge is 0.145 e. The Morgan fingerprint density at radius 1 is 1.23 bits per heavy atom. The SMILES string of the molecule is c1ccn2c(-c3cncc(N[C@H]4CCCNC4)n3)cnc2c1. The maximum atomic E-state index is 4.70. The molecule has 0 amide bonds. The highest BCUT2D eigenvalue weighted by Gasteiger charge is 2.14. The van der Waals surface area contributed by atoms with Crippen LogP contribution < -0.4 is 10.6 Å². The third-order valence-corrected chi connectivity index (χ3v) is 3.96. The van der Waals surface area contributed by atoms with Crippen LogP contribution in [-0.2, 0) is 0 Å². The topological polar surface area (TPSA) is 67.1 Å². The van der Waals surface area contributed by atoms with E-state index in [2.05, 4.69) is 20.6 Å². The van der Waals surface area contributed by atoms with Crippen molar-refractivity contribution in [3.8, 4) is 11.4 Å². The van der Waals surface area contributed by atoms with Crippen LogP contribution in [0.15, 0.2) is 43.0 Å². The first-order valence-electron chi connectivity index (χ1n) is 7.62. The minimum atomic E-state index is 0.417. The van der Waals surface area contributed by atoms with Crippen molar-refractivity contribution in [1.82, 2.24) is 24.7 Å². The molecule has 0 aliphatic carbocycles. The van der Waals surface area contributed by atoms with E-state index in [9.17, 15) is 0 Å². The van der Waals surface area contributed by atoms with Gasteiger partial charge in [0.05, 0.1) is 24.3 Å². The quantitative estimate of drug-likeness (QED) is 0.773. The van der Waals surface area contributed by atoms with Gasteiger partial charge in [-0.3, -0.25) is 9.38 Å². The summed E-state index contributed by atoms with van der Waals surface area (Å²) < 4.78 is 2.02. The van der Waals surface area contributed by atoms with Crippen LogP contribution in [0.4, 0.5) is 5.82 Å². The Balaban J connectivity index is 1.63. The van der Waals surface area contributed by atoms with Gasteiger partial charge in [0.1, 0.15) is 17.2 Å². The molecule has 1 atom stereocenters. The minimum Gasteiger partial charge on any atom is -0.365 e. The van der Waals surface area contributed by atoms with Crippen molar-refractivity contribution in [2.75, 3.05) is 18.4 Å².